The number of carbonyl (C=O) groups is 2. The molecule has 2 rings (SSSR count). The number of aromatic nitrogens is 1. The summed E-state index contributed by atoms with van der Waals surface area (Å²) in [6.45, 7) is 6.70. The number of pyridine rings is 1. The smallest absolute Gasteiger partial charge is 0.410 e. The molecule has 1 aliphatic heterocycles. The van der Waals surface area contributed by atoms with Gasteiger partial charge in [-0.05, 0) is 44.4 Å². The highest BCUT2D eigenvalue weighted by Crippen LogP contribution is 2.23. The largest absolute Gasteiger partial charge is 0.444 e. The third kappa shape index (κ3) is 4.55. The summed E-state index contributed by atoms with van der Waals surface area (Å²) in [6, 6.07) is 3.59. The molecule has 1 aromatic heterocycles. The van der Waals surface area contributed by atoms with Crippen molar-refractivity contribution in [2.45, 2.75) is 32.8 Å². The number of amides is 2. The van der Waals surface area contributed by atoms with Crippen molar-refractivity contribution >= 4 is 17.6 Å². The van der Waals surface area contributed by atoms with E-state index < -0.39 is 5.60 Å². The molecule has 6 heteroatoms. The summed E-state index contributed by atoms with van der Waals surface area (Å²) in [6.07, 6.45) is 4.14. The topological polar surface area (TPSA) is 71.5 Å². The number of carbonyl (C=O) groups excluding carboxylic acids is 2. The van der Waals surface area contributed by atoms with Crippen LogP contribution in [0, 0.1) is 0 Å². The molecule has 1 N–H and O–H groups in total. The molecule has 0 radical (unpaired) electrons. The molecule has 0 spiro atoms. The Kier molecular flexibility index (Phi) is 5.03. The Morgan fingerprint density at radius 2 is 2.04 bits per heavy atom. The number of hydrogen-bond acceptors (Lipinski definition) is 4. The van der Waals surface area contributed by atoms with Crippen LogP contribution in [0.15, 0.2) is 24.4 Å². The Bertz CT molecular complexity index is 615. The fraction of sp³-hybridized carbons (Fsp3) is 0.471. The van der Waals surface area contributed by atoms with Crippen LogP contribution in [-0.2, 0) is 4.74 Å². The lowest BCUT2D eigenvalue weighted by molar-refractivity contribution is 0.0270. The van der Waals surface area contributed by atoms with Gasteiger partial charge >= 0.3 is 6.09 Å². The highest BCUT2D eigenvalue weighted by Gasteiger charge is 2.23. The van der Waals surface area contributed by atoms with Gasteiger partial charge in [0, 0.05) is 26.3 Å². The summed E-state index contributed by atoms with van der Waals surface area (Å²) in [5.41, 5.74) is 2.01. The maximum absolute atomic E-state index is 12.0. The van der Waals surface area contributed by atoms with Gasteiger partial charge in [-0.3, -0.25) is 9.78 Å². The van der Waals surface area contributed by atoms with E-state index in [0.717, 1.165) is 17.6 Å². The molecule has 0 bridgehead atoms. The number of hydrogen-bond donors (Lipinski definition) is 1. The second-order valence-corrected chi connectivity index (χ2v) is 6.42. The average molecular weight is 317 g/mol. The predicted octanol–water partition coefficient (Wildman–Crippen LogP) is 2.47. The van der Waals surface area contributed by atoms with Crippen LogP contribution in [-0.4, -0.2) is 47.6 Å². The Labute approximate surface area is 136 Å². The highest BCUT2D eigenvalue weighted by molar-refractivity contribution is 5.92. The van der Waals surface area contributed by atoms with E-state index in [1.807, 2.05) is 32.9 Å². The molecule has 1 aromatic rings. The second kappa shape index (κ2) is 6.81. The van der Waals surface area contributed by atoms with Crippen molar-refractivity contribution in [2.75, 3.05) is 20.1 Å². The number of nitrogens with one attached hydrogen (secondary N) is 1. The summed E-state index contributed by atoms with van der Waals surface area (Å²) < 4.78 is 5.37. The van der Waals surface area contributed by atoms with Gasteiger partial charge in [-0.15, -0.1) is 0 Å². The van der Waals surface area contributed by atoms with E-state index in [1.54, 1.807) is 24.2 Å². The normalized spacial score (nSPS) is 15.0. The molecule has 124 valence electrons. The third-order valence-corrected chi connectivity index (χ3v) is 3.45. The van der Waals surface area contributed by atoms with E-state index in [0.29, 0.717) is 18.8 Å². The third-order valence-electron chi connectivity index (χ3n) is 3.45. The van der Waals surface area contributed by atoms with E-state index >= 15 is 0 Å². The SMILES string of the molecule is CNC(=O)c1ccc(C2=CCN(C(=O)OC(C)(C)C)CC2)cn1. The van der Waals surface area contributed by atoms with Crippen molar-refractivity contribution in [2.24, 2.45) is 0 Å². The molecule has 0 saturated heterocycles. The van der Waals surface area contributed by atoms with Crippen LogP contribution in [0.2, 0.25) is 0 Å². The lowest BCUT2D eigenvalue weighted by Gasteiger charge is -2.29. The van der Waals surface area contributed by atoms with Crippen LogP contribution in [0.1, 0.15) is 43.2 Å². The van der Waals surface area contributed by atoms with Crippen LogP contribution in [0.5, 0.6) is 0 Å². The zero-order valence-corrected chi connectivity index (χ0v) is 14.0. The minimum Gasteiger partial charge on any atom is -0.444 e. The Hall–Kier alpha value is -2.37. The maximum atomic E-state index is 12.0. The quantitative estimate of drug-likeness (QED) is 0.909. The van der Waals surface area contributed by atoms with Gasteiger partial charge in [0.15, 0.2) is 0 Å². The molecule has 0 aliphatic carbocycles. The van der Waals surface area contributed by atoms with Crippen molar-refractivity contribution in [3.05, 3.63) is 35.7 Å². The summed E-state index contributed by atoms with van der Waals surface area (Å²) >= 11 is 0. The van der Waals surface area contributed by atoms with E-state index in [-0.39, 0.29) is 12.0 Å². The summed E-state index contributed by atoms with van der Waals surface area (Å²) in [5.74, 6) is -0.203. The van der Waals surface area contributed by atoms with E-state index in [1.165, 1.54) is 0 Å². The average Bonchev–Trinajstić information content (AvgIpc) is 2.53. The summed E-state index contributed by atoms with van der Waals surface area (Å²) in [4.78, 5) is 29.4. The van der Waals surface area contributed by atoms with E-state index in [4.69, 9.17) is 4.74 Å². The Balaban J connectivity index is 2.01. The lowest BCUT2D eigenvalue weighted by atomic mass is 10.0. The van der Waals surface area contributed by atoms with Gasteiger partial charge < -0.3 is 15.0 Å². The molecule has 23 heavy (non-hydrogen) atoms. The van der Waals surface area contributed by atoms with Crippen LogP contribution in [0.3, 0.4) is 0 Å². The van der Waals surface area contributed by atoms with E-state index in [9.17, 15) is 9.59 Å². The van der Waals surface area contributed by atoms with Crippen LogP contribution >= 0.6 is 0 Å². The van der Waals surface area contributed by atoms with Crippen molar-refractivity contribution in [3.8, 4) is 0 Å². The van der Waals surface area contributed by atoms with Crippen LogP contribution < -0.4 is 5.32 Å². The molecule has 0 fully saturated rings. The minimum atomic E-state index is -0.485. The molecule has 0 atom stereocenters. The first-order valence-electron chi connectivity index (χ1n) is 7.65. The van der Waals surface area contributed by atoms with Crippen molar-refractivity contribution in [1.29, 1.82) is 0 Å². The van der Waals surface area contributed by atoms with E-state index in [2.05, 4.69) is 10.3 Å². The molecule has 1 aliphatic rings. The molecular weight excluding hydrogens is 294 g/mol. The van der Waals surface area contributed by atoms with Gasteiger partial charge in [0.25, 0.3) is 5.91 Å². The Morgan fingerprint density at radius 3 is 2.52 bits per heavy atom. The second-order valence-electron chi connectivity index (χ2n) is 6.42. The van der Waals surface area contributed by atoms with Gasteiger partial charge in [-0.2, -0.15) is 0 Å². The van der Waals surface area contributed by atoms with Gasteiger partial charge in [0.05, 0.1) is 0 Å². The van der Waals surface area contributed by atoms with Gasteiger partial charge in [-0.25, -0.2) is 4.79 Å². The highest BCUT2D eigenvalue weighted by atomic mass is 16.6. The number of nitrogens with zero attached hydrogens (tertiary/aromatic N) is 2. The van der Waals surface area contributed by atoms with Crippen LogP contribution in [0.4, 0.5) is 4.79 Å². The summed E-state index contributed by atoms with van der Waals surface area (Å²) in [7, 11) is 1.58. The monoisotopic (exact) mass is 317 g/mol. The first-order valence-corrected chi connectivity index (χ1v) is 7.65. The standard InChI is InChI=1S/C17H23N3O3/c1-17(2,3)23-16(22)20-9-7-12(8-10-20)13-5-6-14(19-11-13)15(21)18-4/h5-7,11H,8-10H2,1-4H3,(H,18,21). The summed E-state index contributed by atoms with van der Waals surface area (Å²) in [5, 5.41) is 2.54. The maximum Gasteiger partial charge on any atom is 0.410 e. The molecule has 0 unspecified atom stereocenters. The number of rotatable bonds is 2. The molecule has 0 saturated carbocycles. The molecule has 6 nitrogen and oxygen atoms in total. The zero-order chi connectivity index (χ0) is 17.0. The van der Waals surface area contributed by atoms with Gasteiger partial charge in [0.1, 0.15) is 11.3 Å². The number of ether oxygens (including phenoxy) is 1. The van der Waals surface area contributed by atoms with Gasteiger partial charge in [0.2, 0.25) is 0 Å². The predicted molar refractivity (Wildman–Crippen MR) is 88.0 cm³/mol. The fourth-order valence-electron chi connectivity index (χ4n) is 2.27. The first-order chi connectivity index (χ1) is 10.8. The molecule has 0 aromatic carbocycles. The van der Waals surface area contributed by atoms with Gasteiger partial charge in [-0.1, -0.05) is 12.1 Å². The molecular formula is C17H23N3O3. The Morgan fingerprint density at radius 1 is 1.30 bits per heavy atom. The molecule has 2 amide bonds. The first kappa shape index (κ1) is 17.0. The zero-order valence-electron chi connectivity index (χ0n) is 14.0. The molecule has 2 heterocycles. The lowest BCUT2D eigenvalue weighted by Crippen LogP contribution is -2.39. The van der Waals surface area contributed by atoms with Crippen molar-refractivity contribution < 1.29 is 14.3 Å². The van der Waals surface area contributed by atoms with Crippen LogP contribution in [0.25, 0.3) is 5.57 Å². The van der Waals surface area contributed by atoms with Crippen molar-refractivity contribution in [1.82, 2.24) is 15.2 Å². The van der Waals surface area contributed by atoms with Crippen molar-refractivity contribution in [3.63, 3.8) is 0 Å². The fourth-order valence-corrected chi connectivity index (χ4v) is 2.27. The minimum absolute atomic E-state index is 0.203.